The van der Waals surface area contributed by atoms with Gasteiger partial charge in [-0.15, -0.1) is 0 Å². The van der Waals surface area contributed by atoms with Gasteiger partial charge in [0, 0.05) is 29.6 Å². The Hall–Kier alpha value is -1.26. The number of nitrogens with zero attached hydrogens (tertiary/aromatic N) is 5. The number of thioether (sulfide) groups is 1. The molecule has 0 aromatic carbocycles. The molecule has 5 nitrogen and oxygen atoms in total. The van der Waals surface area contributed by atoms with E-state index in [9.17, 15) is 0 Å². The Morgan fingerprint density at radius 1 is 1.46 bits per heavy atom. The van der Waals surface area contributed by atoms with E-state index in [-0.39, 0.29) is 0 Å². The molecule has 0 aliphatic carbocycles. The summed E-state index contributed by atoms with van der Waals surface area (Å²) in [6, 6.07) is 1.78. The van der Waals surface area contributed by atoms with Crippen LogP contribution in [0.3, 0.4) is 0 Å². The molecule has 0 aliphatic heterocycles. The summed E-state index contributed by atoms with van der Waals surface area (Å²) in [6.07, 6.45) is 4.28. The van der Waals surface area contributed by atoms with Crippen LogP contribution in [0.4, 0.5) is 0 Å². The maximum Gasteiger partial charge on any atom is 0.187 e. The van der Waals surface area contributed by atoms with Crippen LogP contribution in [0.1, 0.15) is 6.42 Å². The van der Waals surface area contributed by atoms with Crippen molar-refractivity contribution in [1.29, 1.82) is 0 Å². The fourth-order valence-electron chi connectivity index (χ4n) is 0.703. The third-order valence-corrected chi connectivity index (χ3v) is 2.20. The Bertz CT molecular complexity index is 282. The van der Waals surface area contributed by atoms with Crippen molar-refractivity contribution in [2.45, 2.75) is 11.6 Å². The monoisotopic (exact) mass is 195 g/mol. The lowest BCUT2D eigenvalue weighted by Crippen LogP contribution is -1.87. The van der Waals surface area contributed by atoms with Gasteiger partial charge in [0.05, 0.1) is 0 Å². The van der Waals surface area contributed by atoms with Crippen LogP contribution in [-0.4, -0.2) is 22.3 Å². The minimum atomic E-state index is 0.538. The maximum atomic E-state index is 8.01. The van der Waals surface area contributed by atoms with E-state index in [1.165, 1.54) is 0 Å². The first kappa shape index (κ1) is 9.83. The molecule has 68 valence electrons. The Balaban J connectivity index is 2.17. The zero-order chi connectivity index (χ0) is 9.36. The molecule has 6 heteroatoms. The number of hydrogen-bond donors (Lipinski definition) is 0. The normalized spacial score (nSPS) is 9.23. The van der Waals surface area contributed by atoms with Crippen molar-refractivity contribution < 1.29 is 0 Å². The maximum absolute atomic E-state index is 8.01. The summed E-state index contributed by atoms with van der Waals surface area (Å²) in [5.74, 6) is 0.878. The fraction of sp³-hybridized carbons (Fsp3) is 0.429. The van der Waals surface area contributed by atoms with Gasteiger partial charge in [-0.25, -0.2) is 9.97 Å². The highest BCUT2D eigenvalue weighted by Gasteiger charge is 1.93. The Labute approximate surface area is 80.2 Å². The van der Waals surface area contributed by atoms with Crippen molar-refractivity contribution >= 4 is 11.8 Å². The number of azide groups is 1. The van der Waals surface area contributed by atoms with Gasteiger partial charge in [-0.2, -0.15) is 0 Å². The van der Waals surface area contributed by atoms with Crippen LogP contribution in [0, 0.1) is 0 Å². The van der Waals surface area contributed by atoms with Crippen molar-refractivity contribution in [2.75, 3.05) is 12.3 Å². The minimum Gasteiger partial charge on any atom is -0.231 e. The first-order valence-corrected chi connectivity index (χ1v) is 4.82. The first-order chi connectivity index (χ1) is 6.43. The van der Waals surface area contributed by atoms with E-state index in [0.717, 1.165) is 17.3 Å². The van der Waals surface area contributed by atoms with Crippen LogP contribution in [-0.2, 0) is 0 Å². The zero-order valence-electron chi connectivity index (χ0n) is 7.00. The van der Waals surface area contributed by atoms with Gasteiger partial charge in [0.25, 0.3) is 0 Å². The molecule has 1 heterocycles. The van der Waals surface area contributed by atoms with Gasteiger partial charge < -0.3 is 0 Å². The van der Waals surface area contributed by atoms with Crippen LogP contribution in [0.5, 0.6) is 0 Å². The van der Waals surface area contributed by atoms with E-state index in [1.54, 1.807) is 30.2 Å². The highest BCUT2D eigenvalue weighted by molar-refractivity contribution is 7.99. The molecule has 0 radical (unpaired) electrons. The van der Waals surface area contributed by atoms with E-state index in [0.29, 0.717) is 6.54 Å². The summed E-state index contributed by atoms with van der Waals surface area (Å²) in [4.78, 5) is 10.8. The second kappa shape index (κ2) is 6.28. The average molecular weight is 195 g/mol. The molecule has 13 heavy (non-hydrogen) atoms. The van der Waals surface area contributed by atoms with Gasteiger partial charge in [0.15, 0.2) is 5.16 Å². The molecule has 0 aliphatic rings. The third kappa shape index (κ3) is 4.35. The summed E-state index contributed by atoms with van der Waals surface area (Å²) in [7, 11) is 0. The lowest BCUT2D eigenvalue weighted by Gasteiger charge is -1.95. The molecule has 1 rings (SSSR count). The molecular weight excluding hydrogens is 186 g/mol. The molecule has 0 spiro atoms. The van der Waals surface area contributed by atoms with Crippen molar-refractivity contribution in [3.63, 3.8) is 0 Å². The molecule has 1 aromatic heterocycles. The number of rotatable bonds is 5. The molecule has 0 amide bonds. The largest absolute Gasteiger partial charge is 0.231 e. The van der Waals surface area contributed by atoms with Gasteiger partial charge in [0.2, 0.25) is 0 Å². The highest BCUT2D eigenvalue weighted by atomic mass is 32.2. The van der Waals surface area contributed by atoms with E-state index in [2.05, 4.69) is 20.0 Å². The Morgan fingerprint density at radius 2 is 2.23 bits per heavy atom. The summed E-state index contributed by atoms with van der Waals surface area (Å²) in [6.45, 7) is 0.538. The van der Waals surface area contributed by atoms with Crippen molar-refractivity contribution in [3.8, 4) is 0 Å². The second-order valence-electron chi connectivity index (χ2n) is 2.19. The Kier molecular flexibility index (Phi) is 4.74. The third-order valence-electron chi connectivity index (χ3n) is 1.24. The van der Waals surface area contributed by atoms with E-state index < -0.39 is 0 Å². The summed E-state index contributed by atoms with van der Waals surface area (Å²) in [5.41, 5.74) is 8.01. The van der Waals surface area contributed by atoms with Crippen LogP contribution < -0.4 is 0 Å². The number of aromatic nitrogens is 2. The predicted molar refractivity (Wildman–Crippen MR) is 51.4 cm³/mol. The molecule has 0 saturated heterocycles. The molecule has 0 atom stereocenters. The number of hydrogen-bond acceptors (Lipinski definition) is 4. The smallest absolute Gasteiger partial charge is 0.187 e. The van der Waals surface area contributed by atoms with Crippen molar-refractivity contribution in [1.82, 2.24) is 9.97 Å². The first-order valence-electron chi connectivity index (χ1n) is 3.84. The standard InChI is InChI=1S/C7H9N5S/c8-12-11-5-2-6-13-7-9-3-1-4-10-7/h1,3-4H,2,5-6H2. The summed E-state index contributed by atoms with van der Waals surface area (Å²) < 4.78 is 0. The van der Waals surface area contributed by atoms with Gasteiger partial charge in [-0.05, 0) is 18.0 Å². The second-order valence-corrected chi connectivity index (χ2v) is 3.25. The van der Waals surface area contributed by atoms with Gasteiger partial charge in [-0.3, -0.25) is 0 Å². The lowest BCUT2D eigenvalue weighted by atomic mass is 10.5. The molecule has 0 fully saturated rings. The zero-order valence-corrected chi connectivity index (χ0v) is 7.81. The van der Waals surface area contributed by atoms with Crippen molar-refractivity contribution in [2.24, 2.45) is 5.11 Å². The molecule has 0 unspecified atom stereocenters. The van der Waals surface area contributed by atoms with Gasteiger partial charge in [0.1, 0.15) is 0 Å². The van der Waals surface area contributed by atoms with Crippen LogP contribution in [0.15, 0.2) is 28.7 Å². The molecule has 1 aromatic rings. The highest BCUT2D eigenvalue weighted by Crippen LogP contribution is 2.11. The van der Waals surface area contributed by atoms with E-state index in [1.807, 2.05) is 0 Å². The topological polar surface area (TPSA) is 74.5 Å². The van der Waals surface area contributed by atoms with Gasteiger partial charge in [-0.1, -0.05) is 16.9 Å². The van der Waals surface area contributed by atoms with E-state index in [4.69, 9.17) is 5.53 Å². The summed E-state index contributed by atoms with van der Waals surface area (Å²) >= 11 is 1.57. The molecule has 0 saturated carbocycles. The fourth-order valence-corrected chi connectivity index (χ4v) is 1.43. The lowest BCUT2D eigenvalue weighted by molar-refractivity contribution is 0.918. The minimum absolute atomic E-state index is 0.538. The van der Waals surface area contributed by atoms with Gasteiger partial charge >= 0.3 is 0 Å². The molecule has 0 N–H and O–H groups in total. The van der Waals surface area contributed by atoms with Crippen LogP contribution >= 0.6 is 11.8 Å². The van der Waals surface area contributed by atoms with E-state index >= 15 is 0 Å². The molecular formula is C7H9N5S. The quantitative estimate of drug-likeness (QED) is 0.180. The van der Waals surface area contributed by atoms with Crippen LogP contribution in [0.2, 0.25) is 0 Å². The van der Waals surface area contributed by atoms with Crippen molar-refractivity contribution in [3.05, 3.63) is 28.9 Å². The predicted octanol–water partition coefficient (Wildman–Crippen LogP) is 2.27. The van der Waals surface area contributed by atoms with Crippen LogP contribution in [0.25, 0.3) is 10.4 Å². The average Bonchev–Trinajstić information content (AvgIpc) is 2.19. The summed E-state index contributed by atoms with van der Waals surface area (Å²) in [5, 5.41) is 4.20. The Morgan fingerprint density at radius 3 is 2.92 bits per heavy atom. The molecule has 0 bridgehead atoms. The SMILES string of the molecule is [N-]=[N+]=NCCCSc1ncccn1.